The van der Waals surface area contributed by atoms with Gasteiger partial charge in [-0.1, -0.05) is 39.7 Å². The van der Waals surface area contributed by atoms with E-state index < -0.39 is 35.0 Å². The van der Waals surface area contributed by atoms with Gasteiger partial charge in [0.25, 0.3) is 5.91 Å². The first-order chi connectivity index (χ1) is 13.8. The number of benzene rings is 2. The molecule has 2 aromatic carbocycles. The van der Waals surface area contributed by atoms with Gasteiger partial charge >= 0.3 is 12.4 Å². The van der Waals surface area contributed by atoms with Crippen LogP contribution in [0, 0.1) is 0 Å². The fourth-order valence-corrected chi connectivity index (χ4v) is 3.62. The molecule has 10 heteroatoms. The van der Waals surface area contributed by atoms with Crippen LogP contribution in [0.4, 0.5) is 26.3 Å². The van der Waals surface area contributed by atoms with Crippen molar-refractivity contribution in [1.29, 1.82) is 0 Å². The quantitative estimate of drug-likeness (QED) is 0.298. The van der Waals surface area contributed by atoms with E-state index in [-0.39, 0.29) is 18.5 Å². The van der Waals surface area contributed by atoms with E-state index in [1.807, 2.05) is 0 Å². The summed E-state index contributed by atoms with van der Waals surface area (Å²) in [5.74, 6) is -1.12. The number of hydrogen-bond donors (Lipinski definition) is 0. The van der Waals surface area contributed by atoms with Crippen LogP contribution in [0.5, 0.6) is 0 Å². The molecule has 0 aliphatic rings. The molecule has 2 aromatic rings. The molecule has 0 spiro atoms. The standard InChI is InChI=1S/C20H17BrClF6NO/c1-29(11-13(6-7-21)12-2-4-17(22)5-3-12)18(30)14-8-15(19(23,24)25)10-16(9-14)20(26,27)28/h2-5,8-10,13H,6-7,11H2,1H3. The summed E-state index contributed by atoms with van der Waals surface area (Å²) in [4.78, 5) is 13.8. The molecule has 0 fully saturated rings. The van der Waals surface area contributed by atoms with Crippen molar-refractivity contribution in [3.8, 4) is 0 Å². The zero-order valence-corrected chi connectivity index (χ0v) is 18.0. The number of amides is 1. The molecule has 1 atom stereocenters. The van der Waals surface area contributed by atoms with E-state index in [1.165, 1.54) is 7.05 Å². The molecular weight excluding hydrogens is 500 g/mol. The molecule has 2 rings (SSSR count). The maximum Gasteiger partial charge on any atom is 0.416 e. The Kier molecular flexibility index (Phi) is 7.85. The average Bonchev–Trinajstić information content (AvgIpc) is 2.66. The number of carbonyl (C=O) groups is 1. The number of nitrogens with zero attached hydrogens (tertiary/aromatic N) is 1. The van der Waals surface area contributed by atoms with E-state index >= 15 is 0 Å². The van der Waals surface area contributed by atoms with Crippen LogP contribution in [0.2, 0.25) is 5.02 Å². The molecular formula is C20H17BrClF6NO. The third-order valence-corrected chi connectivity index (χ3v) is 5.18. The number of likely N-dealkylation sites (N-methyl/N-ethyl adjacent to an activating group) is 1. The van der Waals surface area contributed by atoms with Gasteiger partial charge in [-0.3, -0.25) is 4.79 Å². The van der Waals surface area contributed by atoms with Crippen molar-refractivity contribution in [1.82, 2.24) is 4.90 Å². The fourth-order valence-electron chi connectivity index (χ4n) is 2.94. The van der Waals surface area contributed by atoms with Gasteiger partial charge in [0.15, 0.2) is 0 Å². The Hall–Kier alpha value is -1.74. The van der Waals surface area contributed by atoms with E-state index in [2.05, 4.69) is 15.9 Å². The third kappa shape index (κ3) is 6.38. The molecule has 0 N–H and O–H groups in total. The van der Waals surface area contributed by atoms with Crippen molar-refractivity contribution in [3.63, 3.8) is 0 Å². The highest BCUT2D eigenvalue weighted by Gasteiger charge is 2.37. The van der Waals surface area contributed by atoms with Crippen molar-refractivity contribution in [2.45, 2.75) is 24.7 Å². The Labute approximate surface area is 182 Å². The van der Waals surface area contributed by atoms with Gasteiger partial charge in [-0.2, -0.15) is 26.3 Å². The molecule has 30 heavy (non-hydrogen) atoms. The Morgan fingerprint density at radius 3 is 1.93 bits per heavy atom. The summed E-state index contributed by atoms with van der Waals surface area (Å²) in [5.41, 5.74) is -2.88. The maximum absolute atomic E-state index is 13.1. The van der Waals surface area contributed by atoms with Gasteiger partial charge in [-0.05, 0) is 42.3 Å². The first kappa shape index (κ1) is 24.5. The van der Waals surface area contributed by atoms with Crippen LogP contribution in [0.15, 0.2) is 42.5 Å². The Morgan fingerprint density at radius 2 is 1.50 bits per heavy atom. The van der Waals surface area contributed by atoms with Gasteiger partial charge < -0.3 is 4.90 Å². The summed E-state index contributed by atoms with van der Waals surface area (Å²) in [6.07, 6.45) is -9.44. The summed E-state index contributed by atoms with van der Waals surface area (Å²) in [5, 5.41) is 1.11. The first-order valence-electron chi connectivity index (χ1n) is 8.69. The lowest BCUT2D eigenvalue weighted by Crippen LogP contribution is -2.32. The topological polar surface area (TPSA) is 20.3 Å². The van der Waals surface area contributed by atoms with Crippen molar-refractivity contribution < 1.29 is 31.1 Å². The molecule has 164 valence electrons. The summed E-state index contributed by atoms with van der Waals surface area (Å²) in [7, 11) is 1.34. The van der Waals surface area contributed by atoms with Crippen molar-refractivity contribution in [3.05, 3.63) is 69.7 Å². The lowest BCUT2D eigenvalue weighted by Gasteiger charge is -2.25. The van der Waals surface area contributed by atoms with Crippen molar-refractivity contribution in [2.75, 3.05) is 18.9 Å². The lowest BCUT2D eigenvalue weighted by atomic mass is 9.95. The Morgan fingerprint density at radius 1 is 1.00 bits per heavy atom. The van der Waals surface area contributed by atoms with Crippen LogP contribution in [0.1, 0.15) is 39.4 Å². The van der Waals surface area contributed by atoms with Crippen molar-refractivity contribution in [2.24, 2.45) is 0 Å². The highest BCUT2D eigenvalue weighted by Crippen LogP contribution is 2.36. The fraction of sp³-hybridized carbons (Fsp3) is 0.350. The molecule has 2 nitrogen and oxygen atoms in total. The number of rotatable bonds is 6. The monoisotopic (exact) mass is 515 g/mol. The van der Waals surface area contributed by atoms with Gasteiger partial charge in [0.1, 0.15) is 0 Å². The maximum atomic E-state index is 13.1. The summed E-state index contributed by atoms with van der Waals surface area (Å²) in [6.45, 7) is 0.101. The predicted octanol–water partition coefficient (Wildman–Crippen LogP) is 7.02. The smallest absolute Gasteiger partial charge is 0.341 e. The van der Waals surface area contributed by atoms with E-state index in [0.717, 1.165) is 10.5 Å². The van der Waals surface area contributed by atoms with Crippen LogP contribution in [0.25, 0.3) is 0 Å². The normalized spacial score (nSPS) is 13.2. The van der Waals surface area contributed by atoms with Crippen LogP contribution in [-0.4, -0.2) is 29.7 Å². The second-order valence-electron chi connectivity index (χ2n) is 6.71. The van der Waals surface area contributed by atoms with Crippen LogP contribution in [-0.2, 0) is 12.4 Å². The molecule has 0 aliphatic heterocycles. The largest absolute Gasteiger partial charge is 0.416 e. The first-order valence-corrected chi connectivity index (χ1v) is 10.2. The van der Waals surface area contributed by atoms with E-state index in [1.54, 1.807) is 24.3 Å². The van der Waals surface area contributed by atoms with E-state index in [0.29, 0.717) is 28.9 Å². The Balaban J connectivity index is 2.34. The van der Waals surface area contributed by atoms with Gasteiger partial charge in [0.2, 0.25) is 0 Å². The molecule has 0 radical (unpaired) electrons. The number of halogens is 8. The zero-order valence-electron chi connectivity index (χ0n) is 15.6. The molecule has 0 bridgehead atoms. The van der Waals surface area contributed by atoms with Crippen LogP contribution < -0.4 is 0 Å². The molecule has 1 unspecified atom stereocenters. The highest BCUT2D eigenvalue weighted by molar-refractivity contribution is 9.09. The van der Waals surface area contributed by atoms with Gasteiger partial charge in [-0.25, -0.2) is 0 Å². The second kappa shape index (κ2) is 9.60. The highest BCUT2D eigenvalue weighted by atomic mass is 79.9. The summed E-state index contributed by atoms with van der Waals surface area (Å²) in [6, 6.07) is 7.74. The molecule has 0 aliphatic carbocycles. The average molecular weight is 517 g/mol. The second-order valence-corrected chi connectivity index (χ2v) is 7.94. The van der Waals surface area contributed by atoms with E-state index in [9.17, 15) is 31.1 Å². The predicted molar refractivity (Wildman–Crippen MR) is 106 cm³/mol. The molecule has 0 saturated carbocycles. The number of carbonyl (C=O) groups excluding carboxylic acids is 1. The molecule has 1 amide bonds. The molecule has 0 heterocycles. The van der Waals surface area contributed by atoms with Crippen LogP contribution >= 0.6 is 27.5 Å². The zero-order chi connectivity index (χ0) is 22.7. The minimum Gasteiger partial charge on any atom is -0.341 e. The van der Waals surface area contributed by atoms with E-state index in [4.69, 9.17) is 11.6 Å². The summed E-state index contributed by atoms with van der Waals surface area (Å²) < 4.78 is 78.3. The minimum atomic E-state index is -5.02. The van der Waals surface area contributed by atoms with Gasteiger partial charge in [-0.15, -0.1) is 0 Å². The lowest BCUT2D eigenvalue weighted by molar-refractivity contribution is -0.143. The summed E-state index contributed by atoms with van der Waals surface area (Å²) >= 11 is 9.19. The molecule has 0 aromatic heterocycles. The Bertz CT molecular complexity index is 850. The minimum absolute atomic E-state index is 0.00186. The van der Waals surface area contributed by atoms with Crippen LogP contribution in [0.3, 0.4) is 0 Å². The number of hydrogen-bond acceptors (Lipinski definition) is 1. The SMILES string of the molecule is CN(CC(CCBr)c1ccc(Cl)cc1)C(=O)c1cc(C(F)(F)F)cc(C(F)(F)F)c1. The van der Waals surface area contributed by atoms with Crippen molar-refractivity contribution >= 4 is 33.4 Å². The third-order valence-electron chi connectivity index (χ3n) is 4.47. The molecule has 0 saturated heterocycles. The number of alkyl halides is 7. The van der Waals surface area contributed by atoms with Gasteiger partial charge in [0.05, 0.1) is 11.1 Å². The van der Waals surface area contributed by atoms with Gasteiger partial charge in [0, 0.05) is 35.4 Å².